The Morgan fingerprint density at radius 3 is 2.59 bits per heavy atom. The largest absolute Gasteiger partial charge is 0.370 e. The van der Waals surface area contributed by atoms with Gasteiger partial charge in [0.1, 0.15) is 0 Å². The first-order valence-corrected chi connectivity index (χ1v) is 5.66. The zero-order valence-corrected chi connectivity index (χ0v) is 10.1. The summed E-state index contributed by atoms with van der Waals surface area (Å²) in [4.78, 5) is 3.71. The Morgan fingerprint density at radius 1 is 1.24 bits per heavy atom. The van der Waals surface area contributed by atoms with Gasteiger partial charge in [-0.2, -0.15) is 9.51 Å². The third-order valence-electron chi connectivity index (χ3n) is 1.58. The van der Waals surface area contributed by atoms with Crippen molar-refractivity contribution in [2.45, 2.75) is 24.3 Å². The van der Waals surface area contributed by atoms with Crippen LogP contribution in [0.1, 0.15) is 13.8 Å². The predicted octanol–water partition coefficient (Wildman–Crippen LogP) is -0.680. The summed E-state index contributed by atoms with van der Waals surface area (Å²) in [7, 11) is 0. The average Bonchev–Trinajstić information content (AvgIpc) is 2.59. The summed E-state index contributed by atoms with van der Waals surface area (Å²) in [6.07, 6.45) is 0. The maximum absolute atomic E-state index is 5.24. The second-order valence-corrected chi connectivity index (χ2v) is 4.94. The molecule has 0 aliphatic carbocycles. The molecule has 17 heavy (non-hydrogen) atoms. The molecule has 0 spiro atoms. The molecule has 4 N–H and O–H groups in total. The number of hydrogen-bond acceptors (Lipinski definition) is 7. The van der Waals surface area contributed by atoms with E-state index in [1.54, 1.807) is 0 Å². The summed E-state index contributed by atoms with van der Waals surface area (Å²) in [6, 6.07) is 0. The Bertz CT molecular complexity index is 555. The highest BCUT2D eigenvalue weighted by Gasteiger charge is 2.11. The van der Waals surface area contributed by atoms with Crippen molar-refractivity contribution in [1.29, 1.82) is 0 Å². The number of rotatable bonds is 3. The van der Waals surface area contributed by atoms with E-state index in [9.17, 15) is 0 Å². The Labute approximate surface area is 101 Å². The van der Waals surface area contributed by atoms with Crippen molar-refractivity contribution in [2.24, 2.45) is 16.5 Å². The van der Waals surface area contributed by atoms with Gasteiger partial charge in [0.15, 0.2) is 5.96 Å². The lowest BCUT2D eigenvalue weighted by atomic mass is 10.6. The van der Waals surface area contributed by atoms with Crippen molar-refractivity contribution in [1.82, 2.24) is 30.0 Å². The fourth-order valence-corrected chi connectivity index (χ4v) is 1.78. The predicted molar refractivity (Wildman–Crippen MR) is 62.8 cm³/mol. The van der Waals surface area contributed by atoms with Crippen LogP contribution in [0.5, 0.6) is 0 Å². The second kappa shape index (κ2) is 4.49. The van der Waals surface area contributed by atoms with Crippen molar-refractivity contribution in [3.05, 3.63) is 0 Å². The first-order valence-electron chi connectivity index (χ1n) is 4.78. The molecule has 0 saturated carbocycles. The van der Waals surface area contributed by atoms with Crippen molar-refractivity contribution in [2.75, 3.05) is 0 Å². The maximum Gasteiger partial charge on any atom is 0.291 e. The number of nitrogens with two attached hydrogens (primary N) is 2. The van der Waals surface area contributed by atoms with Crippen LogP contribution < -0.4 is 11.5 Å². The van der Waals surface area contributed by atoms with Crippen molar-refractivity contribution in [3.8, 4) is 0 Å². The Kier molecular flexibility index (Phi) is 3.04. The number of fused-ring (bicyclic) bond motifs is 1. The minimum absolute atomic E-state index is 0.0721. The van der Waals surface area contributed by atoms with Crippen LogP contribution in [-0.4, -0.2) is 41.2 Å². The van der Waals surface area contributed by atoms with E-state index >= 15 is 0 Å². The Morgan fingerprint density at radius 2 is 1.94 bits per heavy atom. The van der Waals surface area contributed by atoms with E-state index in [2.05, 4.69) is 30.5 Å². The van der Waals surface area contributed by atoms with Crippen LogP contribution >= 0.6 is 11.8 Å². The first-order chi connectivity index (χ1) is 8.06. The van der Waals surface area contributed by atoms with E-state index in [4.69, 9.17) is 11.5 Å². The fraction of sp³-hybridized carbons (Fsp3) is 0.429. The number of aliphatic imine (C=N–C) groups is 1. The van der Waals surface area contributed by atoms with Crippen LogP contribution in [0.4, 0.5) is 5.95 Å². The molecule has 2 aromatic heterocycles. The molecule has 0 radical (unpaired) electrons. The quantitative estimate of drug-likeness (QED) is 0.417. The molecule has 10 heteroatoms. The monoisotopic (exact) mass is 253 g/mol. The third-order valence-corrected chi connectivity index (χ3v) is 2.52. The van der Waals surface area contributed by atoms with Gasteiger partial charge in [-0.05, 0) is 0 Å². The molecule has 0 unspecified atom stereocenters. The maximum atomic E-state index is 5.24. The van der Waals surface area contributed by atoms with E-state index < -0.39 is 0 Å². The SMILES string of the molecule is CC(C)Sc1nnc2nnc(N=C(N)N)nn12. The molecule has 0 amide bonds. The molecule has 0 aliphatic rings. The van der Waals surface area contributed by atoms with Gasteiger partial charge in [-0.15, -0.1) is 25.5 Å². The normalized spacial score (nSPS) is 11.0. The summed E-state index contributed by atoms with van der Waals surface area (Å²) in [5, 5.41) is 20.3. The van der Waals surface area contributed by atoms with E-state index in [0.717, 1.165) is 0 Å². The first kappa shape index (κ1) is 11.5. The van der Waals surface area contributed by atoms with Crippen LogP contribution in [-0.2, 0) is 0 Å². The highest BCUT2D eigenvalue weighted by atomic mass is 32.2. The van der Waals surface area contributed by atoms with Crippen LogP contribution in [0.2, 0.25) is 0 Å². The molecule has 0 fully saturated rings. The molecule has 0 aliphatic heterocycles. The van der Waals surface area contributed by atoms with Gasteiger partial charge in [0.05, 0.1) is 0 Å². The molecular weight excluding hydrogens is 242 g/mol. The van der Waals surface area contributed by atoms with Gasteiger partial charge < -0.3 is 11.5 Å². The number of thioether (sulfide) groups is 1. The molecule has 90 valence electrons. The van der Waals surface area contributed by atoms with Crippen LogP contribution in [0.3, 0.4) is 0 Å². The van der Waals surface area contributed by atoms with Gasteiger partial charge in [0, 0.05) is 5.25 Å². The lowest BCUT2D eigenvalue weighted by Gasteiger charge is -2.00. The van der Waals surface area contributed by atoms with Crippen LogP contribution in [0.15, 0.2) is 10.1 Å². The zero-order chi connectivity index (χ0) is 12.4. The molecule has 0 bridgehead atoms. The number of hydrogen-bond donors (Lipinski definition) is 2. The number of nitrogens with zero attached hydrogens (tertiary/aromatic N) is 7. The lowest BCUT2D eigenvalue weighted by Crippen LogP contribution is -2.22. The van der Waals surface area contributed by atoms with Gasteiger partial charge >= 0.3 is 0 Å². The van der Waals surface area contributed by atoms with Gasteiger partial charge in [-0.25, -0.2) is 0 Å². The molecule has 0 atom stereocenters. The van der Waals surface area contributed by atoms with Gasteiger partial charge in [-0.1, -0.05) is 25.6 Å². The Hall–Kier alpha value is -1.97. The van der Waals surface area contributed by atoms with Crippen molar-refractivity contribution in [3.63, 3.8) is 0 Å². The summed E-state index contributed by atoms with van der Waals surface area (Å²) >= 11 is 1.51. The van der Waals surface area contributed by atoms with Gasteiger partial charge in [0.25, 0.3) is 11.7 Å². The molecule has 0 saturated heterocycles. The molecule has 9 nitrogen and oxygen atoms in total. The second-order valence-electron chi connectivity index (χ2n) is 3.40. The average molecular weight is 253 g/mol. The summed E-state index contributed by atoms with van der Waals surface area (Å²) in [6.45, 7) is 4.08. The van der Waals surface area contributed by atoms with E-state index in [-0.39, 0.29) is 11.9 Å². The molecule has 2 aromatic rings. The van der Waals surface area contributed by atoms with E-state index in [0.29, 0.717) is 16.2 Å². The van der Waals surface area contributed by atoms with Crippen LogP contribution in [0.25, 0.3) is 5.78 Å². The summed E-state index contributed by atoms with van der Waals surface area (Å²) in [5.41, 5.74) is 10.5. The molecular formula is C7H11N9S. The molecule has 2 rings (SSSR count). The summed E-state index contributed by atoms with van der Waals surface area (Å²) < 4.78 is 1.46. The fourth-order valence-electron chi connectivity index (χ4n) is 1.05. The smallest absolute Gasteiger partial charge is 0.291 e. The minimum Gasteiger partial charge on any atom is -0.370 e. The number of aromatic nitrogens is 6. The van der Waals surface area contributed by atoms with E-state index in [1.807, 2.05) is 13.8 Å². The summed E-state index contributed by atoms with van der Waals surface area (Å²) in [5.74, 6) is 0.253. The van der Waals surface area contributed by atoms with Crippen molar-refractivity contribution >= 4 is 29.4 Å². The van der Waals surface area contributed by atoms with E-state index in [1.165, 1.54) is 16.3 Å². The minimum atomic E-state index is -0.128. The Balaban J connectivity index is 2.46. The van der Waals surface area contributed by atoms with Gasteiger partial charge in [0.2, 0.25) is 5.16 Å². The third kappa shape index (κ3) is 2.58. The zero-order valence-electron chi connectivity index (χ0n) is 9.27. The molecule has 2 heterocycles. The number of guanidine groups is 1. The highest BCUT2D eigenvalue weighted by molar-refractivity contribution is 7.99. The standard InChI is InChI=1S/C7H11N9S/c1-3(2)17-7-14-13-6-12-11-5(10-4(8)9)15-16(6)7/h3H,1-2H3,(H4,8,9,10,15). The van der Waals surface area contributed by atoms with Crippen LogP contribution in [0, 0.1) is 0 Å². The topological polar surface area (TPSA) is 133 Å². The highest BCUT2D eigenvalue weighted by Crippen LogP contribution is 2.20. The lowest BCUT2D eigenvalue weighted by molar-refractivity contribution is 0.761. The molecule has 0 aromatic carbocycles. The van der Waals surface area contributed by atoms with Crippen molar-refractivity contribution < 1.29 is 0 Å². The van der Waals surface area contributed by atoms with Gasteiger partial charge in [-0.3, -0.25) is 0 Å².